The second-order valence-corrected chi connectivity index (χ2v) is 7.96. The van der Waals surface area contributed by atoms with E-state index in [0.29, 0.717) is 11.8 Å². The first-order chi connectivity index (χ1) is 11.6. The molecule has 2 atom stereocenters. The number of likely N-dealkylation sites (tertiary alicyclic amines) is 2. The summed E-state index contributed by atoms with van der Waals surface area (Å²) in [5.74, 6) is 1.05. The Kier molecular flexibility index (Phi) is 4.35. The topological polar surface area (TPSA) is 32.8 Å². The van der Waals surface area contributed by atoms with Crippen molar-refractivity contribution in [2.75, 3.05) is 39.4 Å². The lowest BCUT2D eigenvalue weighted by atomic mass is 9.85. The van der Waals surface area contributed by atoms with Crippen LogP contribution >= 0.6 is 0 Å². The fourth-order valence-corrected chi connectivity index (χ4v) is 4.66. The highest BCUT2D eigenvalue weighted by Gasteiger charge is 2.50. The lowest BCUT2D eigenvalue weighted by Gasteiger charge is -2.25. The molecule has 130 valence electrons. The van der Waals surface area contributed by atoms with Crippen LogP contribution in [0.5, 0.6) is 0 Å². The van der Waals surface area contributed by atoms with Crippen LogP contribution < -0.4 is 0 Å². The number of amides is 1. The second kappa shape index (κ2) is 6.49. The Morgan fingerprint density at radius 2 is 2.17 bits per heavy atom. The fourth-order valence-electron chi connectivity index (χ4n) is 4.66. The van der Waals surface area contributed by atoms with Gasteiger partial charge < -0.3 is 14.5 Å². The average molecular weight is 328 g/mol. The minimum absolute atomic E-state index is 0.108. The molecule has 0 aromatic heterocycles. The molecule has 1 spiro atoms. The van der Waals surface area contributed by atoms with Gasteiger partial charge >= 0.3 is 0 Å². The minimum atomic E-state index is -0.108. The number of hydrogen-bond acceptors (Lipinski definition) is 3. The van der Waals surface area contributed by atoms with Crippen molar-refractivity contribution < 1.29 is 9.53 Å². The van der Waals surface area contributed by atoms with Crippen LogP contribution in [0.1, 0.15) is 30.4 Å². The van der Waals surface area contributed by atoms with Crippen LogP contribution in [0.2, 0.25) is 0 Å². The van der Waals surface area contributed by atoms with Gasteiger partial charge in [0.25, 0.3) is 0 Å². The predicted octanol–water partition coefficient (Wildman–Crippen LogP) is 2.46. The summed E-state index contributed by atoms with van der Waals surface area (Å²) in [4.78, 5) is 17.7. The van der Waals surface area contributed by atoms with Gasteiger partial charge in [0.15, 0.2) is 0 Å². The molecule has 0 radical (unpaired) electrons. The summed E-state index contributed by atoms with van der Waals surface area (Å²) < 4.78 is 5.50. The molecule has 0 aliphatic carbocycles. The number of carbonyl (C=O) groups is 1. The van der Waals surface area contributed by atoms with Gasteiger partial charge in [-0.1, -0.05) is 29.8 Å². The molecule has 3 aliphatic rings. The van der Waals surface area contributed by atoms with E-state index in [2.05, 4.69) is 41.0 Å². The van der Waals surface area contributed by atoms with E-state index in [-0.39, 0.29) is 5.41 Å². The Balaban J connectivity index is 1.38. The van der Waals surface area contributed by atoms with Crippen molar-refractivity contribution in [1.82, 2.24) is 9.80 Å². The van der Waals surface area contributed by atoms with E-state index >= 15 is 0 Å². The molecule has 1 aromatic carbocycles. The number of ether oxygens (including phenoxy) is 1. The molecule has 3 fully saturated rings. The van der Waals surface area contributed by atoms with Gasteiger partial charge in [-0.3, -0.25) is 4.79 Å². The van der Waals surface area contributed by atoms with Gasteiger partial charge in [0.05, 0.1) is 12.0 Å². The van der Waals surface area contributed by atoms with Crippen molar-refractivity contribution >= 4 is 5.91 Å². The molecule has 3 heterocycles. The van der Waals surface area contributed by atoms with Gasteiger partial charge in [-0.05, 0) is 44.2 Å². The van der Waals surface area contributed by atoms with Gasteiger partial charge in [-0.2, -0.15) is 0 Å². The molecule has 0 bridgehead atoms. The second-order valence-electron chi connectivity index (χ2n) is 7.96. The van der Waals surface area contributed by atoms with Gasteiger partial charge in [0.1, 0.15) is 0 Å². The van der Waals surface area contributed by atoms with E-state index in [9.17, 15) is 4.79 Å². The van der Waals surface area contributed by atoms with Gasteiger partial charge in [0.2, 0.25) is 5.91 Å². The maximum absolute atomic E-state index is 13.1. The number of aryl methyl sites for hydroxylation is 1. The number of hydrogen-bond donors (Lipinski definition) is 0. The zero-order valence-corrected chi connectivity index (χ0v) is 14.7. The summed E-state index contributed by atoms with van der Waals surface area (Å²) in [6, 6.07) is 8.52. The van der Waals surface area contributed by atoms with E-state index in [0.717, 1.165) is 58.8 Å². The van der Waals surface area contributed by atoms with Crippen LogP contribution in [0.3, 0.4) is 0 Å². The Labute approximate surface area is 144 Å². The zero-order valence-electron chi connectivity index (χ0n) is 14.7. The third-order valence-electron chi connectivity index (χ3n) is 6.03. The van der Waals surface area contributed by atoms with E-state index in [4.69, 9.17) is 4.74 Å². The molecule has 24 heavy (non-hydrogen) atoms. The van der Waals surface area contributed by atoms with Crippen LogP contribution in [-0.2, 0) is 16.1 Å². The highest BCUT2D eigenvalue weighted by Crippen LogP contribution is 2.41. The van der Waals surface area contributed by atoms with Crippen molar-refractivity contribution in [2.24, 2.45) is 11.3 Å². The van der Waals surface area contributed by atoms with Crippen LogP contribution in [0, 0.1) is 18.3 Å². The summed E-state index contributed by atoms with van der Waals surface area (Å²) >= 11 is 0. The first kappa shape index (κ1) is 16.1. The largest absolute Gasteiger partial charge is 0.381 e. The molecule has 4 nitrogen and oxygen atoms in total. The Bertz CT molecular complexity index is 611. The Morgan fingerprint density at radius 3 is 2.96 bits per heavy atom. The molecule has 4 rings (SSSR count). The zero-order chi connectivity index (χ0) is 16.6. The third-order valence-corrected chi connectivity index (χ3v) is 6.03. The third kappa shape index (κ3) is 3.09. The standard InChI is InChI=1S/C20H28N2O2/c1-16-3-2-4-17(11-16)13-22-9-7-20(19(22)23)6-8-21(15-20)12-18-5-10-24-14-18/h2-4,11,18H,5-10,12-15H2,1H3/t18-,20+/m0/s1. The van der Waals surface area contributed by atoms with Crippen molar-refractivity contribution in [3.05, 3.63) is 35.4 Å². The molecule has 3 aliphatic heterocycles. The normalized spacial score (nSPS) is 30.8. The summed E-state index contributed by atoms with van der Waals surface area (Å²) in [7, 11) is 0. The summed E-state index contributed by atoms with van der Waals surface area (Å²) in [6.07, 6.45) is 3.23. The number of carbonyl (C=O) groups excluding carboxylic acids is 1. The van der Waals surface area contributed by atoms with E-state index in [1.165, 1.54) is 17.5 Å². The molecule has 1 amide bonds. The van der Waals surface area contributed by atoms with Crippen molar-refractivity contribution in [3.8, 4) is 0 Å². The molecule has 0 N–H and O–H groups in total. The van der Waals surface area contributed by atoms with Crippen LogP contribution in [-0.4, -0.2) is 55.1 Å². The van der Waals surface area contributed by atoms with Gasteiger partial charge in [0, 0.05) is 32.8 Å². The van der Waals surface area contributed by atoms with Crippen LogP contribution in [0.15, 0.2) is 24.3 Å². The molecular formula is C20H28N2O2. The molecule has 3 saturated heterocycles. The minimum Gasteiger partial charge on any atom is -0.381 e. The molecule has 0 saturated carbocycles. The average Bonchev–Trinajstić information content (AvgIpc) is 3.27. The monoisotopic (exact) mass is 328 g/mol. The molecular weight excluding hydrogens is 300 g/mol. The number of benzene rings is 1. The van der Waals surface area contributed by atoms with Crippen LogP contribution in [0.4, 0.5) is 0 Å². The smallest absolute Gasteiger partial charge is 0.230 e. The fraction of sp³-hybridized carbons (Fsp3) is 0.650. The first-order valence-electron chi connectivity index (χ1n) is 9.30. The maximum Gasteiger partial charge on any atom is 0.230 e. The van der Waals surface area contributed by atoms with E-state index < -0.39 is 0 Å². The number of rotatable bonds is 4. The van der Waals surface area contributed by atoms with Crippen LogP contribution in [0.25, 0.3) is 0 Å². The predicted molar refractivity (Wildman–Crippen MR) is 93.6 cm³/mol. The van der Waals surface area contributed by atoms with Crippen molar-refractivity contribution in [2.45, 2.75) is 32.7 Å². The molecule has 4 heteroatoms. The maximum atomic E-state index is 13.1. The SMILES string of the molecule is Cc1cccc(CN2CC[C@@]3(CCN(C[C@@H]4CCOC4)C3)C2=O)c1. The summed E-state index contributed by atoms with van der Waals surface area (Å²) in [5.41, 5.74) is 2.40. The molecule has 0 unspecified atom stereocenters. The van der Waals surface area contributed by atoms with Crippen molar-refractivity contribution in [1.29, 1.82) is 0 Å². The van der Waals surface area contributed by atoms with E-state index in [1.54, 1.807) is 0 Å². The quantitative estimate of drug-likeness (QED) is 0.851. The Morgan fingerprint density at radius 1 is 1.29 bits per heavy atom. The summed E-state index contributed by atoms with van der Waals surface area (Å²) in [5, 5.41) is 0. The number of nitrogens with zero attached hydrogens (tertiary/aromatic N) is 2. The van der Waals surface area contributed by atoms with Gasteiger partial charge in [-0.25, -0.2) is 0 Å². The molecule has 1 aromatic rings. The lowest BCUT2D eigenvalue weighted by molar-refractivity contribution is -0.136. The first-order valence-corrected chi connectivity index (χ1v) is 9.30. The highest BCUT2D eigenvalue weighted by molar-refractivity contribution is 5.85. The highest BCUT2D eigenvalue weighted by atomic mass is 16.5. The Hall–Kier alpha value is -1.39. The summed E-state index contributed by atoms with van der Waals surface area (Å²) in [6.45, 7) is 8.72. The van der Waals surface area contributed by atoms with Gasteiger partial charge in [-0.15, -0.1) is 0 Å². The lowest BCUT2D eigenvalue weighted by Crippen LogP contribution is -2.37. The van der Waals surface area contributed by atoms with Crippen molar-refractivity contribution in [3.63, 3.8) is 0 Å². The van der Waals surface area contributed by atoms with E-state index in [1.807, 2.05) is 0 Å².